The van der Waals surface area contributed by atoms with Gasteiger partial charge >= 0.3 is 6.01 Å². The van der Waals surface area contributed by atoms with E-state index in [1.807, 2.05) is 16.8 Å². The molecule has 0 spiro atoms. The molecule has 1 aliphatic heterocycles. The minimum absolute atomic E-state index is 0.149. The summed E-state index contributed by atoms with van der Waals surface area (Å²) < 4.78 is 8.03. The third-order valence-electron chi connectivity index (χ3n) is 6.07. The molecule has 1 N–H and O–H groups in total. The molecule has 0 radical (unpaired) electrons. The Bertz CT molecular complexity index is 1150. The normalized spacial score (nSPS) is 19.8. The average Bonchev–Trinajstić information content (AvgIpc) is 3.38. The van der Waals surface area contributed by atoms with Gasteiger partial charge in [0.25, 0.3) is 0 Å². The van der Waals surface area contributed by atoms with Gasteiger partial charge in [0.2, 0.25) is 5.89 Å². The lowest BCUT2D eigenvalue weighted by atomic mass is 9.85. The highest BCUT2D eigenvalue weighted by Gasteiger charge is 2.36. The average molecular weight is 375 g/mol. The van der Waals surface area contributed by atoms with Crippen molar-refractivity contribution < 1.29 is 4.42 Å². The molecule has 1 atom stereocenters. The fourth-order valence-electron chi connectivity index (χ4n) is 4.25. The maximum Gasteiger partial charge on any atom is 0.319 e. The molecule has 5 heterocycles. The van der Waals surface area contributed by atoms with E-state index in [1.54, 1.807) is 6.33 Å². The first kappa shape index (κ1) is 15.9. The molecule has 28 heavy (non-hydrogen) atoms. The van der Waals surface area contributed by atoms with Gasteiger partial charge in [-0.05, 0) is 37.5 Å². The Balaban J connectivity index is 1.46. The van der Waals surface area contributed by atoms with Gasteiger partial charge in [-0.3, -0.25) is 0 Å². The fraction of sp³-hybridized carbons (Fsp3) is 0.400. The van der Waals surface area contributed by atoms with Crippen LogP contribution < -0.4 is 4.90 Å². The Morgan fingerprint density at radius 1 is 1.25 bits per heavy atom. The van der Waals surface area contributed by atoms with Crippen LogP contribution in [0.4, 0.5) is 6.01 Å². The van der Waals surface area contributed by atoms with Crippen LogP contribution in [0.5, 0.6) is 0 Å². The summed E-state index contributed by atoms with van der Waals surface area (Å²) in [6, 6.07) is 6.67. The molecule has 2 aliphatic rings. The van der Waals surface area contributed by atoms with E-state index in [-0.39, 0.29) is 6.04 Å². The van der Waals surface area contributed by atoms with E-state index in [9.17, 15) is 0 Å². The third-order valence-corrected chi connectivity index (χ3v) is 6.07. The minimum Gasteiger partial charge on any atom is -0.408 e. The van der Waals surface area contributed by atoms with Crippen LogP contribution in [0, 0.1) is 6.92 Å². The lowest BCUT2D eigenvalue weighted by Gasteiger charge is -2.32. The van der Waals surface area contributed by atoms with E-state index in [2.05, 4.69) is 44.1 Å². The van der Waals surface area contributed by atoms with Crippen LogP contribution >= 0.6 is 0 Å². The number of H-pyrrole nitrogens is 1. The summed E-state index contributed by atoms with van der Waals surface area (Å²) in [4.78, 5) is 10.0. The number of imidazole rings is 1. The molecule has 4 aromatic rings. The molecule has 0 saturated heterocycles. The van der Waals surface area contributed by atoms with Gasteiger partial charge in [0, 0.05) is 30.8 Å². The first-order valence-corrected chi connectivity index (χ1v) is 9.85. The van der Waals surface area contributed by atoms with E-state index in [1.165, 1.54) is 12.0 Å². The Morgan fingerprint density at radius 3 is 3.00 bits per heavy atom. The number of rotatable bonds is 3. The van der Waals surface area contributed by atoms with Gasteiger partial charge < -0.3 is 14.3 Å². The maximum absolute atomic E-state index is 6.10. The summed E-state index contributed by atoms with van der Waals surface area (Å²) in [5.74, 6) is 1.18. The molecular formula is C20H21N7O. The number of hydrogen-bond donors (Lipinski definition) is 1. The summed E-state index contributed by atoms with van der Waals surface area (Å²) >= 11 is 0. The number of nitrogens with zero attached hydrogens (tertiary/aromatic N) is 6. The van der Waals surface area contributed by atoms with Gasteiger partial charge in [0.1, 0.15) is 6.04 Å². The van der Waals surface area contributed by atoms with Crippen LogP contribution in [-0.4, -0.2) is 36.3 Å². The minimum atomic E-state index is -0.149. The number of aryl methyl sites for hydroxylation is 1. The number of fused-ring (bicyclic) bond motifs is 2. The van der Waals surface area contributed by atoms with E-state index < -0.39 is 0 Å². The molecule has 0 amide bonds. The number of aromatic nitrogens is 6. The third kappa shape index (κ3) is 2.30. The summed E-state index contributed by atoms with van der Waals surface area (Å²) in [5.41, 5.74) is 5.35. The van der Waals surface area contributed by atoms with Gasteiger partial charge in [-0.25, -0.2) is 9.50 Å². The first-order valence-electron chi connectivity index (χ1n) is 9.85. The van der Waals surface area contributed by atoms with Gasteiger partial charge in [0.05, 0.1) is 23.2 Å². The predicted molar refractivity (Wildman–Crippen MR) is 102 cm³/mol. The fourth-order valence-corrected chi connectivity index (χ4v) is 4.25. The van der Waals surface area contributed by atoms with Gasteiger partial charge in [-0.2, -0.15) is 5.10 Å². The molecule has 1 fully saturated rings. The number of aromatic amines is 1. The Kier molecular flexibility index (Phi) is 3.35. The van der Waals surface area contributed by atoms with Crippen LogP contribution in [0.25, 0.3) is 5.52 Å². The topological polar surface area (TPSA) is 88.1 Å². The summed E-state index contributed by atoms with van der Waals surface area (Å²) in [5, 5.41) is 13.6. The number of anilines is 1. The molecule has 1 saturated carbocycles. The lowest BCUT2D eigenvalue weighted by Crippen LogP contribution is -2.37. The quantitative estimate of drug-likeness (QED) is 0.592. The van der Waals surface area contributed by atoms with Gasteiger partial charge in [0.15, 0.2) is 0 Å². The van der Waals surface area contributed by atoms with Crippen molar-refractivity contribution in [1.29, 1.82) is 0 Å². The first-order chi connectivity index (χ1) is 13.8. The highest BCUT2D eigenvalue weighted by molar-refractivity contribution is 5.56. The van der Waals surface area contributed by atoms with E-state index in [0.717, 1.165) is 54.3 Å². The number of nitrogens with one attached hydrogen (secondary N) is 1. The van der Waals surface area contributed by atoms with Crippen LogP contribution in [0.3, 0.4) is 0 Å². The second-order valence-electron chi connectivity index (χ2n) is 7.75. The second-order valence-corrected chi connectivity index (χ2v) is 7.75. The molecule has 0 unspecified atom stereocenters. The zero-order valence-corrected chi connectivity index (χ0v) is 15.7. The second kappa shape index (κ2) is 5.92. The lowest BCUT2D eigenvalue weighted by molar-refractivity contribution is 0.333. The maximum atomic E-state index is 6.10. The molecule has 142 valence electrons. The standard InChI is InChI=1S/C20H21N7O/c1-12-4-3-8-27-16(12)10-15(25-27)18-17-14(21-11-22-17)7-9-26(18)20-24-23-19(28-20)13-5-2-6-13/h3-4,8,10-11,13,18H,2,5-7,9H2,1H3,(H,21,22)/t18-/m0/s1. The number of pyridine rings is 1. The predicted octanol–water partition coefficient (Wildman–Crippen LogP) is 3.17. The van der Waals surface area contributed by atoms with Gasteiger partial charge in [-0.1, -0.05) is 17.6 Å². The molecule has 1 aliphatic carbocycles. The largest absolute Gasteiger partial charge is 0.408 e. The van der Waals surface area contributed by atoms with Crippen molar-refractivity contribution in [2.75, 3.05) is 11.4 Å². The van der Waals surface area contributed by atoms with Crippen molar-refractivity contribution in [3.8, 4) is 0 Å². The van der Waals surface area contributed by atoms with Crippen molar-refractivity contribution in [3.63, 3.8) is 0 Å². The van der Waals surface area contributed by atoms with Crippen molar-refractivity contribution in [2.24, 2.45) is 0 Å². The molecular weight excluding hydrogens is 354 g/mol. The molecule has 6 rings (SSSR count). The molecule has 0 bridgehead atoms. The monoisotopic (exact) mass is 375 g/mol. The Morgan fingerprint density at radius 2 is 2.18 bits per heavy atom. The zero-order valence-electron chi connectivity index (χ0n) is 15.7. The summed E-state index contributed by atoms with van der Waals surface area (Å²) in [6.45, 7) is 2.88. The van der Waals surface area contributed by atoms with Crippen LogP contribution in [0.15, 0.2) is 35.1 Å². The smallest absolute Gasteiger partial charge is 0.319 e. The molecule has 0 aromatic carbocycles. The Labute approximate surface area is 161 Å². The highest BCUT2D eigenvalue weighted by atomic mass is 16.4. The van der Waals surface area contributed by atoms with Crippen molar-refractivity contribution in [1.82, 2.24) is 29.8 Å². The molecule has 8 nitrogen and oxygen atoms in total. The van der Waals surface area contributed by atoms with Crippen LogP contribution in [0.1, 0.15) is 59.8 Å². The van der Waals surface area contributed by atoms with Gasteiger partial charge in [-0.15, -0.1) is 5.10 Å². The molecule has 4 aromatic heterocycles. The number of hydrogen-bond acceptors (Lipinski definition) is 6. The van der Waals surface area contributed by atoms with Crippen molar-refractivity contribution in [2.45, 2.75) is 44.6 Å². The highest BCUT2D eigenvalue weighted by Crippen LogP contribution is 2.39. The summed E-state index contributed by atoms with van der Waals surface area (Å²) in [7, 11) is 0. The van der Waals surface area contributed by atoms with E-state index in [0.29, 0.717) is 11.9 Å². The Hall–Kier alpha value is -3.16. The summed E-state index contributed by atoms with van der Waals surface area (Å²) in [6.07, 6.45) is 8.12. The van der Waals surface area contributed by atoms with Crippen LogP contribution in [-0.2, 0) is 6.42 Å². The zero-order chi connectivity index (χ0) is 18.7. The van der Waals surface area contributed by atoms with Crippen molar-refractivity contribution >= 4 is 11.5 Å². The van der Waals surface area contributed by atoms with Crippen molar-refractivity contribution in [3.05, 3.63) is 59.3 Å². The van der Waals surface area contributed by atoms with Crippen LogP contribution in [0.2, 0.25) is 0 Å². The SMILES string of the molecule is Cc1cccn2nc([C@H]3c4nc[nH]c4CCN3c3nnc(C4CCC4)o3)cc12. The molecule has 8 heteroatoms. The van der Waals surface area contributed by atoms with E-state index >= 15 is 0 Å². The van der Waals surface area contributed by atoms with E-state index in [4.69, 9.17) is 9.52 Å².